The average Bonchev–Trinajstić information content (AvgIpc) is 1.82. The normalized spacial score (nSPS) is 14.7. The first-order chi connectivity index (χ1) is 4.54. The molecule has 0 aliphatic heterocycles. The zero-order valence-electron chi connectivity index (χ0n) is 6.56. The molecule has 0 rings (SSSR count). The molecule has 0 heterocycles. The van der Waals surface area contributed by atoms with Crippen molar-refractivity contribution in [2.45, 2.75) is 19.5 Å². The highest BCUT2D eigenvalue weighted by molar-refractivity contribution is 4.56. The molecular weight excluding hydrogens is 138 g/mol. The summed E-state index contributed by atoms with van der Waals surface area (Å²) in [6, 6.07) is 0. The van der Waals surface area contributed by atoms with Crippen LogP contribution in [0.4, 0.5) is 8.78 Å². The lowest BCUT2D eigenvalue weighted by atomic mass is 10.5. The first-order valence-electron chi connectivity index (χ1n) is 3.22. The molecule has 0 amide bonds. The van der Waals surface area contributed by atoms with Crippen molar-refractivity contribution in [1.29, 1.82) is 0 Å². The van der Waals surface area contributed by atoms with Crippen LogP contribution in [0.3, 0.4) is 0 Å². The molecule has 1 atom stereocenters. The summed E-state index contributed by atoms with van der Waals surface area (Å²) in [5.41, 5.74) is 0. The molecule has 0 aromatic rings. The van der Waals surface area contributed by atoms with Crippen molar-refractivity contribution in [3.05, 3.63) is 0 Å². The molecule has 0 aliphatic rings. The Morgan fingerprint density at radius 2 is 1.90 bits per heavy atom. The van der Waals surface area contributed by atoms with Crippen LogP contribution in [0.2, 0.25) is 0 Å². The van der Waals surface area contributed by atoms with Crippen LogP contribution in [0.15, 0.2) is 0 Å². The summed E-state index contributed by atoms with van der Waals surface area (Å²) in [6.45, 7) is 1.60. The minimum absolute atomic E-state index is 0.00833. The van der Waals surface area contributed by atoms with E-state index < -0.39 is 6.43 Å². The summed E-state index contributed by atoms with van der Waals surface area (Å²) in [7, 11) is 3.67. The Balaban J connectivity index is 3.30. The summed E-state index contributed by atoms with van der Waals surface area (Å²) in [5, 5.41) is 2.66. The molecule has 0 aliphatic carbocycles. The Kier molecular flexibility index (Phi) is 4.47. The molecule has 0 unspecified atom stereocenters. The van der Waals surface area contributed by atoms with Crippen molar-refractivity contribution in [3.8, 4) is 0 Å². The Hall–Kier alpha value is -0.220. The lowest BCUT2D eigenvalue weighted by Gasteiger charge is -2.20. The number of nitrogens with one attached hydrogen (secondary N) is 1. The highest BCUT2D eigenvalue weighted by Gasteiger charge is 2.06. The van der Waals surface area contributed by atoms with Crippen LogP contribution in [-0.2, 0) is 0 Å². The highest BCUT2D eigenvalue weighted by atomic mass is 19.3. The number of halogens is 2. The number of hydrogen-bond donors (Lipinski definition) is 1. The van der Waals surface area contributed by atoms with Crippen LogP contribution in [0, 0.1) is 0 Å². The first kappa shape index (κ1) is 9.78. The molecule has 0 aromatic heterocycles. The Labute approximate surface area is 60.2 Å². The van der Waals surface area contributed by atoms with Gasteiger partial charge in [0, 0.05) is 0 Å². The predicted octanol–water partition coefficient (Wildman–Crippen LogP) is 0.749. The molecule has 0 aromatic carbocycles. The fourth-order valence-corrected chi connectivity index (χ4v) is 0.442. The fraction of sp³-hybridized carbons (Fsp3) is 1.00. The fourth-order valence-electron chi connectivity index (χ4n) is 0.442. The topological polar surface area (TPSA) is 15.3 Å². The molecule has 10 heavy (non-hydrogen) atoms. The molecule has 0 saturated carbocycles. The summed E-state index contributed by atoms with van der Waals surface area (Å²) >= 11 is 0. The van der Waals surface area contributed by atoms with Gasteiger partial charge < -0.3 is 0 Å². The van der Waals surface area contributed by atoms with Crippen molar-refractivity contribution in [3.63, 3.8) is 0 Å². The highest BCUT2D eigenvalue weighted by Crippen LogP contribution is 1.91. The van der Waals surface area contributed by atoms with Crippen LogP contribution >= 0.6 is 0 Å². The molecule has 2 nitrogen and oxygen atoms in total. The molecular formula is C6H14F2N2. The van der Waals surface area contributed by atoms with E-state index >= 15 is 0 Å². The second-order valence-corrected chi connectivity index (χ2v) is 2.44. The van der Waals surface area contributed by atoms with E-state index in [0.29, 0.717) is 0 Å². The molecule has 0 bridgehead atoms. The van der Waals surface area contributed by atoms with E-state index in [4.69, 9.17) is 0 Å². The van der Waals surface area contributed by atoms with E-state index in [1.165, 1.54) is 0 Å². The monoisotopic (exact) mass is 152 g/mol. The SMILES string of the molecule is C[C@@H](NCC(F)F)N(C)C. The minimum atomic E-state index is -2.26. The van der Waals surface area contributed by atoms with E-state index in [0.717, 1.165) is 0 Å². The van der Waals surface area contributed by atoms with Gasteiger partial charge in [-0.3, -0.25) is 10.2 Å². The lowest BCUT2D eigenvalue weighted by Crippen LogP contribution is -2.40. The molecule has 1 N–H and O–H groups in total. The van der Waals surface area contributed by atoms with Gasteiger partial charge in [0.05, 0.1) is 12.7 Å². The van der Waals surface area contributed by atoms with Gasteiger partial charge in [0.15, 0.2) is 0 Å². The van der Waals surface area contributed by atoms with E-state index in [1.54, 1.807) is 0 Å². The van der Waals surface area contributed by atoms with Gasteiger partial charge in [0.25, 0.3) is 6.43 Å². The smallest absolute Gasteiger partial charge is 0.250 e. The van der Waals surface area contributed by atoms with Gasteiger partial charge in [-0.2, -0.15) is 0 Å². The lowest BCUT2D eigenvalue weighted by molar-refractivity contribution is 0.128. The predicted molar refractivity (Wildman–Crippen MR) is 37.2 cm³/mol. The van der Waals surface area contributed by atoms with E-state index in [-0.39, 0.29) is 12.7 Å². The zero-order chi connectivity index (χ0) is 8.15. The average molecular weight is 152 g/mol. The maximum absolute atomic E-state index is 11.6. The summed E-state index contributed by atoms with van der Waals surface area (Å²) in [5.74, 6) is 0. The molecule has 4 heteroatoms. The van der Waals surface area contributed by atoms with Crippen LogP contribution in [0.25, 0.3) is 0 Å². The minimum Gasteiger partial charge on any atom is -0.296 e. The number of alkyl halides is 2. The number of rotatable bonds is 4. The molecule has 0 fully saturated rings. The summed E-state index contributed by atoms with van der Waals surface area (Å²) in [6.07, 6.45) is -2.25. The third kappa shape index (κ3) is 4.64. The third-order valence-electron chi connectivity index (χ3n) is 1.34. The zero-order valence-corrected chi connectivity index (χ0v) is 6.56. The van der Waals surface area contributed by atoms with Gasteiger partial charge in [-0.15, -0.1) is 0 Å². The second kappa shape index (κ2) is 4.57. The van der Waals surface area contributed by atoms with Gasteiger partial charge in [0.1, 0.15) is 0 Å². The van der Waals surface area contributed by atoms with E-state index in [9.17, 15) is 8.78 Å². The Morgan fingerprint density at radius 1 is 1.40 bits per heavy atom. The molecule has 62 valence electrons. The van der Waals surface area contributed by atoms with Crippen molar-refractivity contribution in [1.82, 2.24) is 10.2 Å². The van der Waals surface area contributed by atoms with Crippen molar-refractivity contribution < 1.29 is 8.78 Å². The van der Waals surface area contributed by atoms with Gasteiger partial charge in [0.2, 0.25) is 0 Å². The van der Waals surface area contributed by atoms with E-state index in [2.05, 4.69) is 5.32 Å². The summed E-state index contributed by atoms with van der Waals surface area (Å²) in [4.78, 5) is 1.84. The Bertz CT molecular complexity index is 85.8. The standard InChI is InChI=1S/C6H14F2N2/c1-5(10(2)3)9-4-6(7)8/h5-6,9H,4H2,1-3H3/t5-/m0/s1. The van der Waals surface area contributed by atoms with Crippen molar-refractivity contribution in [2.75, 3.05) is 20.6 Å². The quantitative estimate of drug-likeness (QED) is 0.598. The van der Waals surface area contributed by atoms with E-state index in [1.807, 2.05) is 25.9 Å². The van der Waals surface area contributed by atoms with Crippen molar-refractivity contribution in [2.24, 2.45) is 0 Å². The van der Waals surface area contributed by atoms with Crippen LogP contribution in [0.1, 0.15) is 6.92 Å². The molecule has 0 saturated heterocycles. The van der Waals surface area contributed by atoms with Gasteiger partial charge in [-0.05, 0) is 21.0 Å². The van der Waals surface area contributed by atoms with Gasteiger partial charge in [-0.25, -0.2) is 8.78 Å². The molecule has 0 radical (unpaired) electrons. The maximum Gasteiger partial charge on any atom is 0.250 e. The largest absolute Gasteiger partial charge is 0.296 e. The van der Waals surface area contributed by atoms with Crippen LogP contribution in [-0.4, -0.2) is 38.1 Å². The number of hydrogen-bond acceptors (Lipinski definition) is 2. The van der Waals surface area contributed by atoms with Gasteiger partial charge >= 0.3 is 0 Å². The van der Waals surface area contributed by atoms with Gasteiger partial charge in [-0.1, -0.05) is 0 Å². The van der Waals surface area contributed by atoms with Crippen molar-refractivity contribution >= 4 is 0 Å². The summed E-state index contributed by atoms with van der Waals surface area (Å²) < 4.78 is 23.2. The Morgan fingerprint density at radius 3 is 2.20 bits per heavy atom. The first-order valence-corrected chi connectivity index (χ1v) is 3.22. The van der Waals surface area contributed by atoms with Crippen LogP contribution < -0.4 is 5.32 Å². The second-order valence-electron chi connectivity index (χ2n) is 2.44. The maximum atomic E-state index is 11.6. The van der Waals surface area contributed by atoms with Crippen LogP contribution in [0.5, 0.6) is 0 Å². The molecule has 0 spiro atoms. The third-order valence-corrected chi connectivity index (χ3v) is 1.34. The number of nitrogens with zero attached hydrogens (tertiary/aromatic N) is 1.